The summed E-state index contributed by atoms with van der Waals surface area (Å²) in [6.07, 6.45) is 5.52. The molecule has 1 rings (SSSR count). The van der Waals surface area contributed by atoms with E-state index in [0.717, 1.165) is 5.75 Å². The molecule has 1 unspecified atom stereocenters. The van der Waals surface area contributed by atoms with Gasteiger partial charge in [-0.1, -0.05) is 56.5 Å². The van der Waals surface area contributed by atoms with Crippen molar-refractivity contribution in [2.45, 2.75) is 44.3 Å². The quantitative estimate of drug-likeness (QED) is 0.488. The van der Waals surface area contributed by atoms with Crippen molar-refractivity contribution in [3.05, 3.63) is 35.9 Å². The minimum absolute atomic E-state index is 0.130. The van der Waals surface area contributed by atoms with Crippen LogP contribution in [-0.2, 0) is 9.53 Å². The Morgan fingerprint density at radius 3 is 2.58 bits per heavy atom. The van der Waals surface area contributed by atoms with Gasteiger partial charge in [-0.15, -0.1) is 0 Å². The Bertz CT molecular complexity index is 351. The van der Waals surface area contributed by atoms with Gasteiger partial charge in [-0.3, -0.25) is 4.79 Å². The number of hydrogen-bond donors (Lipinski definition) is 0. The molecular weight excluding hydrogens is 256 g/mol. The number of carbonyl (C=O) groups excluding carboxylic acids is 1. The molecule has 0 saturated heterocycles. The monoisotopic (exact) mass is 280 g/mol. The van der Waals surface area contributed by atoms with E-state index >= 15 is 0 Å². The van der Waals surface area contributed by atoms with Crippen molar-refractivity contribution in [2.24, 2.45) is 0 Å². The molecule has 3 heteroatoms. The molecule has 2 nitrogen and oxygen atoms in total. The van der Waals surface area contributed by atoms with Crippen LogP contribution in [-0.4, -0.2) is 18.8 Å². The highest BCUT2D eigenvalue weighted by molar-refractivity contribution is 7.99. The Morgan fingerprint density at radius 1 is 1.21 bits per heavy atom. The Hall–Kier alpha value is -0.960. The second-order valence-electron chi connectivity index (χ2n) is 4.61. The minimum Gasteiger partial charge on any atom is -0.469 e. The molecule has 0 N–H and O–H groups in total. The van der Waals surface area contributed by atoms with Gasteiger partial charge in [-0.25, -0.2) is 0 Å². The number of rotatable bonds is 9. The van der Waals surface area contributed by atoms with Crippen LogP contribution in [0.1, 0.15) is 49.8 Å². The average molecular weight is 280 g/mol. The first-order valence-corrected chi connectivity index (χ1v) is 8.06. The predicted molar refractivity (Wildman–Crippen MR) is 82.4 cm³/mol. The standard InChI is InChI=1S/C16H24O2S/c1-3-4-5-9-12-19-15(13-16(17)18-2)14-10-7-6-8-11-14/h6-8,10-11,15H,3-5,9,12-13H2,1-2H3. The van der Waals surface area contributed by atoms with Crippen LogP contribution in [0.15, 0.2) is 30.3 Å². The van der Waals surface area contributed by atoms with E-state index < -0.39 is 0 Å². The van der Waals surface area contributed by atoms with E-state index in [2.05, 4.69) is 19.1 Å². The lowest BCUT2D eigenvalue weighted by molar-refractivity contribution is -0.140. The van der Waals surface area contributed by atoms with Crippen molar-refractivity contribution in [1.29, 1.82) is 0 Å². The van der Waals surface area contributed by atoms with Gasteiger partial charge in [0, 0.05) is 5.25 Å². The fraction of sp³-hybridized carbons (Fsp3) is 0.562. The molecule has 0 aromatic heterocycles. The molecule has 0 bridgehead atoms. The highest BCUT2D eigenvalue weighted by Crippen LogP contribution is 2.33. The van der Waals surface area contributed by atoms with Gasteiger partial charge in [0.05, 0.1) is 13.5 Å². The van der Waals surface area contributed by atoms with Crippen molar-refractivity contribution in [3.63, 3.8) is 0 Å². The van der Waals surface area contributed by atoms with Crippen LogP contribution in [0, 0.1) is 0 Å². The van der Waals surface area contributed by atoms with Crippen LogP contribution < -0.4 is 0 Å². The van der Waals surface area contributed by atoms with E-state index in [1.807, 2.05) is 30.0 Å². The molecule has 0 radical (unpaired) electrons. The fourth-order valence-corrected chi connectivity index (χ4v) is 3.19. The molecule has 106 valence electrons. The summed E-state index contributed by atoms with van der Waals surface area (Å²) in [6, 6.07) is 10.2. The summed E-state index contributed by atoms with van der Waals surface area (Å²) in [4.78, 5) is 11.5. The third-order valence-corrected chi connectivity index (χ3v) is 4.43. The third kappa shape index (κ3) is 6.67. The second-order valence-corrected chi connectivity index (χ2v) is 5.92. The van der Waals surface area contributed by atoms with Crippen LogP contribution in [0.5, 0.6) is 0 Å². The summed E-state index contributed by atoms with van der Waals surface area (Å²) >= 11 is 1.87. The van der Waals surface area contributed by atoms with Gasteiger partial charge >= 0.3 is 5.97 Å². The lowest BCUT2D eigenvalue weighted by Crippen LogP contribution is -2.06. The van der Waals surface area contributed by atoms with Gasteiger partial charge in [0.2, 0.25) is 0 Å². The van der Waals surface area contributed by atoms with Gasteiger partial charge < -0.3 is 4.74 Å². The van der Waals surface area contributed by atoms with E-state index in [9.17, 15) is 4.79 Å². The van der Waals surface area contributed by atoms with Crippen LogP contribution in [0.4, 0.5) is 0 Å². The summed E-state index contributed by atoms with van der Waals surface area (Å²) in [5, 5.41) is 0.218. The van der Waals surface area contributed by atoms with Crippen molar-refractivity contribution in [3.8, 4) is 0 Å². The molecule has 0 amide bonds. The second kappa shape index (κ2) is 9.90. The van der Waals surface area contributed by atoms with Crippen molar-refractivity contribution < 1.29 is 9.53 Å². The molecule has 0 heterocycles. The highest BCUT2D eigenvalue weighted by atomic mass is 32.2. The summed E-state index contributed by atoms with van der Waals surface area (Å²) in [7, 11) is 1.45. The molecule has 1 atom stereocenters. The molecule has 0 aliphatic rings. The number of benzene rings is 1. The molecule has 0 aliphatic carbocycles. The number of unbranched alkanes of at least 4 members (excludes halogenated alkanes) is 3. The molecule has 1 aromatic rings. The number of ether oxygens (including phenoxy) is 1. The number of hydrogen-bond acceptors (Lipinski definition) is 3. The van der Waals surface area contributed by atoms with Gasteiger partial charge in [0.25, 0.3) is 0 Å². The van der Waals surface area contributed by atoms with E-state index in [1.54, 1.807) is 0 Å². The smallest absolute Gasteiger partial charge is 0.306 e. The topological polar surface area (TPSA) is 26.3 Å². The molecule has 0 aliphatic heterocycles. The van der Waals surface area contributed by atoms with Gasteiger partial charge in [0.1, 0.15) is 0 Å². The fourth-order valence-electron chi connectivity index (χ4n) is 1.93. The number of carbonyl (C=O) groups is 1. The zero-order valence-corrected chi connectivity index (χ0v) is 12.7. The van der Waals surface area contributed by atoms with Crippen LogP contribution in [0.25, 0.3) is 0 Å². The van der Waals surface area contributed by atoms with E-state index in [-0.39, 0.29) is 11.2 Å². The maximum atomic E-state index is 11.5. The van der Waals surface area contributed by atoms with Crippen LogP contribution >= 0.6 is 11.8 Å². The van der Waals surface area contributed by atoms with Gasteiger partial charge in [-0.2, -0.15) is 11.8 Å². The lowest BCUT2D eigenvalue weighted by atomic mass is 10.1. The highest BCUT2D eigenvalue weighted by Gasteiger charge is 2.16. The molecule has 0 saturated carbocycles. The van der Waals surface area contributed by atoms with E-state index in [0.29, 0.717) is 6.42 Å². The Kier molecular flexibility index (Phi) is 8.39. The Morgan fingerprint density at radius 2 is 1.95 bits per heavy atom. The summed E-state index contributed by atoms with van der Waals surface area (Å²) in [6.45, 7) is 2.22. The first kappa shape index (κ1) is 16.1. The van der Waals surface area contributed by atoms with Crippen molar-refractivity contribution in [2.75, 3.05) is 12.9 Å². The number of methoxy groups -OCH3 is 1. The maximum absolute atomic E-state index is 11.5. The van der Waals surface area contributed by atoms with Crippen molar-refractivity contribution >= 4 is 17.7 Å². The summed E-state index contributed by atoms with van der Waals surface area (Å²) in [5.41, 5.74) is 1.22. The maximum Gasteiger partial charge on any atom is 0.306 e. The van der Waals surface area contributed by atoms with Crippen molar-refractivity contribution in [1.82, 2.24) is 0 Å². The molecule has 0 spiro atoms. The Balaban J connectivity index is 2.48. The van der Waals surface area contributed by atoms with Crippen LogP contribution in [0.2, 0.25) is 0 Å². The molecular formula is C16H24O2S. The minimum atomic E-state index is -0.130. The van der Waals surface area contributed by atoms with E-state index in [4.69, 9.17) is 4.74 Å². The molecule has 1 aromatic carbocycles. The molecule has 0 fully saturated rings. The summed E-state index contributed by atoms with van der Waals surface area (Å²) < 4.78 is 4.79. The SMILES string of the molecule is CCCCCCSC(CC(=O)OC)c1ccccc1. The zero-order chi connectivity index (χ0) is 13.9. The van der Waals surface area contributed by atoms with E-state index in [1.165, 1.54) is 38.4 Å². The number of thioether (sulfide) groups is 1. The predicted octanol–water partition coefficient (Wildman–Crippen LogP) is 4.60. The van der Waals surface area contributed by atoms with Gasteiger partial charge in [0.15, 0.2) is 0 Å². The average Bonchev–Trinajstić information content (AvgIpc) is 2.46. The Labute approximate surface area is 120 Å². The first-order valence-electron chi connectivity index (χ1n) is 7.01. The first-order chi connectivity index (χ1) is 9.27. The van der Waals surface area contributed by atoms with Gasteiger partial charge in [-0.05, 0) is 17.7 Å². The largest absolute Gasteiger partial charge is 0.469 e. The van der Waals surface area contributed by atoms with Crippen LogP contribution in [0.3, 0.4) is 0 Å². The summed E-state index contributed by atoms with van der Waals surface area (Å²) in [5.74, 6) is 0.978. The third-order valence-electron chi connectivity index (χ3n) is 3.07. The number of esters is 1. The lowest BCUT2D eigenvalue weighted by Gasteiger charge is -2.15. The zero-order valence-electron chi connectivity index (χ0n) is 11.9. The normalized spacial score (nSPS) is 12.1. The molecule has 19 heavy (non-hydrogen) atoms.